The van der Waals surface area contributed by atoms with Crippen LogP contribution in [0.15, 0.2) is 12.4 Å². The molecule has 1 saturated heterocycles. The van der Waals surface area contributed by atoms with Gasteiger partial charge < -0.3 is 9.64 Å². The lowest BCUT2D eigenvalue weighted by atomic mass is 9.99. The van der Waals surface area contributed by atoms with Crippen molar-refractivity contribution in [3.63, 3.8) is 0 Å². The van der Waals surface area contributed by atoms with Crippen molar-refractivity contribution in [1.82, 2.24) is 14.7 Å². The fourth-order valence-electron chi connectivity index (χ4n) is 2.25. The Bertz CT molecular complexity index is 516. The summed E-state index contributed by atoms with van der Waals surface area (Å²) in [6, 6.07) is 0. The minimum atomic E-state index is -0.511. The van der Waals surface area contributed by atoms with Gasteiger partial charge in [-0.3, -0.25) is 9.48 Å². The van der Waals surface area contributed by atoms with E-state index >= 15 is 0 Å². The molecule has 0 spiro atoms. The van der Waals surface area contributed by atoms with Gasteiger partial charge in [0.1, 0.15) is 5.60 Å². The summed E-state index contributed by atoms with van der Waals surface area (Å²) in [5, 5.41) is 4.00. The predicted octanol–water partition coefficient (Wildman–Crippen LogP) is 1.86. The Hall–Kier alpha value is -1.85. The minimum absolute atomic E-state index is 0.0455. The summed E-state index contributed by atoms with van der Waals surface area (Å²) in [5.74, 6) is -0.115. The molecule has 1 unspecified atom stereocenters. The molecule has 1 fully saturated rings. The van der Waals surface area contributed by atoms with Crippen LogP contribution in [0, 0.1) is 5.92 Å². The number of carbonyl (C=O) groups excluding carboxylic acids is 2. The highest BCUT2D eigenvalue weighted by Crippen LogP contribution is 2.22. The molecule has 1 aromatic heterocycles. The van der Waals surface area contributed by atoms with Gasteiger partial charge in [-0.25, -0.2) is 4.79 Å². The van der Waals surface area contributed by atoms with E-state index in [1.165, 1.54) is 0 Å². The molecule has 2 rings (SSSR count). The topological polar surface area (TPSA) is 64.4 Å². The lowest BCUT2D eigenvalue weighted by molar-refractivity contribution is 0.0289. The Morgan fingerprint density at radius 1 is 1.40 bits per heavy atom. The smallest absolute Gasteiger partial charge is 0.410 e. The van der Waals surface area contributed by atoms with Gasteiger partial charge in [-0.2, -0.15) is 5.10 Å². The van der Waals surface area contributed by atoms with Crippen molar-refractivity contribution < 1.29 is 14.3 Å². The van der Waals surface area contributed by atoms with Crippen LogP contribution in [0.25, 0.3) is 0 Å². The Balaban J connectivity index is 1.95. The molecular weight excluding hydrogens is 258 g/mol. The van der Waals surface area contributed by atoms with Gasteiger partial charge >= 0.3 is 6.09 Å². The van der Waals surface area contributed by atoms with Crippen LogP contribution in [0.3, 0.4) is 0 Å². The van der Waals surface area contributed by atoms with E-state index in [4.69, 9.17) is 4.74 Å². The second kappa shape index (κ2) is 5.26. The molecule has 1 amide bonds. The van der Waals surface area contributed by atoms with Gasteiger partial charge in [0.15, 0.2) is 5.78 Å². The Labute approximate surface area is 118 Å². The number of Topliss-reactive ketones (excluding diaryl/α,β-unsaturated/α-hetero) is 1. The molecular formula is C14H21N3O3. The fraction of sp³-hybridized carbons (Fsp3) is 0.643. The first-order valence-electron chi connectivity index (χ1n) is 6.77. The maximum Gasteiger partial charge on any atom is 0.410 e. The van der Waals surface area contributed by atoms with Gasteiger partial charge in [0.05, 0.1) is 11.8 Å². The molecule has 0 bridgehead atoms. The highest BCUT2D eigenvalue weighted by atomic mass is 16.6. The molecule has 0 N–H and O–H groups in total. The van der Waals surface area contributed by atoms with Crippen LogP contribution in [0.2, 0.25) is 0 Å². The maximum atomic E-state index is 12.3. The number of hydrogen-bond acceptors (Lipinski definition) is 4. The van der Waals surface area contributed by atoms with Crippen LogP contribution in [-0.2, 0) is 11.8 Å². The molecule has 110 valence electrons. The average molecular weight is 279 g/mol. The predicted molar refractivity (Wildman–Crippen MR) is 73.5 cm³/mol. The third-order valence-corrected chi connectivity index (χ3v) is 3.20. The number of ether oxygens (including phenoxy) is 1. The van der Waals surface area contributed by atoms with E-state index in [9.17, 15) is 9.59 Å². The van der Waals surface area contributed by atoms with E-state index in [0.717, 1.165) is 0 Å². The van der Waals surface area contributed by atoms with Crippen LogP contribution in [0.5, 0.6) is 0 Å². The van der Waals surface area contributed by atoms with Crippen molar-refractivity contribution in [1.29, 1.82) is 0 Å². The zero-order valence-corrected chi connectivity index (χ0v) is 12.4. The van der Waals surface area contributed by atoms with Crippen molar-refractivity contribution in [2.75, 3.05) is 13.1 Å². The lowest BCUT2D eigenvalue weighted by Crippen LogP contribution is -2.35. The number of aryl methyl sites for hydroxylation is 1. The molecule has 0 aromatic carbocycles. The zero-order chi connectivity index (χ0) is 14.9. The van der Waals surface area contributed by atoms with Crippen LogP contribution in [0.1, 0.15) is 37.6 Å². The van der Waals surface area contributed by atoms with Crippen molar-refractivity contribution in [2.45, 2.75) is 32.8 Å². The van der Waals surface area contributed by atoms with Gasteiger partial charge in [-0.05, 0) is 27.2 Å². The molecule has 1 aliphatic rings. The van der Waals surface area contributed by atoms with Crippen molar-refractivity contribution in [3.05, 3.63) is 18.0 Å². The van der Waals surface area contributed by atoms with Gasteiger partial charge in [0.25, 0.3) is 0 Å². The SMILES string of the molecule is Cn1cc(C(=O)C2CCN(C(=O)OC(C)(C)C)C2)cn1. The third kappa shape index (κ3) is 3.37. The molecule has 0 saturated carbocycles. The summed E-state index contributed by atoms with van der Waals surface area (Å²) in [6.45, 7) is 6.48. The van der Waals surface area contributed by atoms with Gasteiger partial charge in [0, 0.05) is 32.3 Å². The summed E-state index contributed by atoms with van der Waals surface area (Å²) >= 11 is 0. The van der Waals surface area contributed by atoms with E-state index < -0.39 is 5.60 Å². The highest BCUT2D eigenvalue weighted by molar-refractivity contribution is 5.98. The first-order valence-corrected chi connectivity index (χ1v) is 6.77. The van der Waals surface area contributed by atoms with Crippen LogP contribution < -0.4 is 0 Å². The number of nitrogens with zero attached hydrogens (tertiary/aromatic N) is 3. The summed E-state index contributed by atoms with van der Waals surface area (Å²) in [4.78, 5) is 25.8. The number of aromatic nitrogens is 2. The lowest BCUT2D eigenvalue weighted by Gasteiger charge is -2.24. The standard InChI is InChI=1S/C14H21N3O3/c1-14(2,3)20-13(19)17-6-5-10(9-17)12(18)11-7-15-16(4)8-11/h7-8,10H,5-6,9H2,1-4H3. The maximum absolute atomic E-state index is 12.3. The Morgan fingerprint density at radius 2 is 2.10 bits per heavy atom. The van der Waals surface area contributed by atoms with Gasteiger partial charge in [0.2, 0.25) is 0 Å². The molecule has 6 heteroatoms. The molecule has 6 nitrogen and oxygen atoms in total. The molecule has 1 aromatic rings. The van der Waals surface area contributed by atoms with Gasteiger partial charge in [-0.1, -0.05) is 0 Å². The average Bonchev–Trinajstić information content (AvgIpc) is 2.94. The Kier molecular flexibility index (Phi) is 3.83. The third-order valence-electron chi connectivity index (χ3n) is 3.20. The normalized spacial score (nSPS) is 19.2. The quantitative estimate of drug-likeness (QED) is 0.775. The van der Waals surface area contributed by atoms with E-state index in [1.54, 1.807) is 29.0 Å². The van der Waals surface area contributed by atoms with E-state index in [-0.39, 0.29) is 17.8 Å². The monoisotopic (exact) mass is 279 g/mol. The fourth-order valence-corrected chi connectivity index (χ4v) is 2.25. The molecule has 1 atom stereocenters. The second-order valence-electron chi connectivity index (χ2n) is 6.18. The Morgan fingerprint density at radius 3 is 2.65 bits per heavy atom. The largest absolute Gasteiger partial charge is 0.444 e. The van der Waals surface area contributed by atoms with Crippen LogP contribution >= 0.6 is 0 Å². The van der Waals surface area contributed by atoms with Crippen LogP contribution in [-0.4, -0.2) is 45.2 Å². The number of ketones is 1. The summed E-state index contributed by atoms with van der Waals surface area (Å²) in [7, 11) is 1.78. The first kappa shape index (κ1) is 14.6. The molecule has 2 heterocycles. The van der Waals surface area contributed by atoms with Crippen molar-refractivity contribution in [3.8, 4) is 0 Å². The van der Waals surface area contributed by atoms with Gasteiger partial charge in [-0.15, -0.1) is 0 Å². The molecule has 0 radical (unpaired) electrons. The number of hydrogen-bond donors (Lipinski definition) is 0. The summed E-state index contributed by atoms with van der Waals surface area (Å²) in [5.41, 5.74) is 0.0891. The molecule has 20 heavy (non-hydrogen) atoms. The van der Waals surface area contributed by atoms with Crippen molar-refractivity contribution in [2.24, 2.45) is 13.0 Å². The highest BCUT2D eigenvalue weighted by Gasteiger charge is 2.34. The van der Waals surface area contributed by atoms with E-state index in [1.807, 2.05) is 20.8 Å². The van der Waals surface area contributed by atoms with Crippen LogP contribution in [0.4, 0.5) is 4.79 Å². The second-order valence-corrected chi connectivity index (χ2v) is 6.18. The first-order chi connectivity index (χ1) is 9.26. The molecule has 0 aliphatic carbocycles. The molecule has 1 aliphatic heterocycles. The minimum Gasteiger partial charge on any atom is -0.444 e. The van der Waals surface area contributed by atoms with E-state index in [2.05, 4.69) is 5.10 Å². The summed E-state index contributed by atoms with van der Waals surface area (Å²) in [6.07, 6.45) is 3.60. The summed E-state index contributed by atoms with van der Waals surface area (Å²) < 4.78 is 6.92. The number of amides is 1. The number of carbonyl (C=O) groups is 2. The zero-order valence-electron chi connectivity index (χ0n) is 12.4. The number of likely N-dealkylation sites (tertiary alicyclic amines) is 1. The number of rotatable bonds is 2. The van der Waals surface area contributed by atoms with E-state index in [0.29, 0.717) is 25.1 Å². The van der Waals surface area contributed by atoms with Crippen molar-refractivity contribution >= 4 is 11.9 Å².